The van der Waals surface area contributed by atoms with Crippen molar-refractivity contribution in [2.24, 2.45) is 0 Å². The van der Waals surface area contributed by atoms with E-state index in [0.717, 1.165) is 45.3 Å². The number of amides is 1. The van der Waals surface area contributed by atoms with Gasteiger partial charge < -0.3 is 20.1 Å². The molecule has 0 aliphatic carbocycles. The number of morpholine rings is 1. The fraction of sp³-hybridized carbons (Fsp3) is 0.267. The minimum atomic E-state index is -0.562. The van der Waals surface area contributed by atoms with Gasteiger partial charge in [0.1, 0.15) is 35.2 Å². The number of rotatable bonds is 10. The molecule has 1 aliphatic heterocycles. The standard InChI is InChI=1S/C30H30F2N6O3/c1-3-28(39)36-26-15-21-24(16-27(26)41-10-4-7-38-8-11-40-12-9-38)34-18-35-30(21)37-25-14-20(5-6-22(25)31)29-23(32)13-19(2)17-33-29/h3,5-6,13-18H,1,4,7-12H2,2H3,(H,36,39)(H,34,35,37). The molecule has 2 N–H and O–H groups in total. The second-order valence-corrected chi connectivity index (χ2v) is 9.60. The molecule has 4 aromatic rings. The molecule has 0 atom stereocenters. The molecule has 0 radical (unpaired) electrons. The molecule has 1 aliphatic rings. The Balaban J connectivity index is 1.42. The first-order valence-electron chi connectivity index (χ1n) is 13.3. The van der Waals surface area contributed by atoms with Crippen LogP contribution in [0.3, 0.4) is 0 Å². The van der Waals surface area contributed by atoms with E-state index in [9.17, 15) is 13.6 Å². The minimum Gasteiger partial charge on any atom is -0.491 e. The lowest BCUT2D eigenvalue weighted by molar-refractivity contribution is -0.111. The van der Waals surface area contributed by atoms with E-state index in [1.54, 1.807) is 25.3 Å². The molecule has 0 unspecified atom stereocenters. The summed E-state index contributed by atoms with van der Waals surface area (Å²) in [4.78, 5) is 27.4. The number of ether oxygens (including phenoxy) is 2. The zero-order chi connectivity index (χ0) is 28.8. The molecule has 9 nitrogen and oxygen atoms in total. The van der Waals surface area contributed by atoms with Gasteiger partial charge in [0.2, 0.25) is 5.91 Å². The maximum Gasteiger partial charge on any atom is 0.247 e. The SMILES string of the molecule is C=CC(=O)Nc1cc2c(Nc3cc(-c4ncc(C)cc4F)ccc3F)ncnc2cc1OCCCN1CCOCC1. The minimum absolute atomic E-state index is 0.0735. The molecule has 1 saturated heterocycles. The summed E-state index contributed by atoms with van der Waals surface area (Å²) in [6.07, 6.45) is 4.84. The zero-order valence-electron chi connectivity index (χ0n) is 22.6. The van der Waals surface area contributed by atoms with Crippen molar-refractivity contribution in [3.63, 3.8) is 0 Å². The van der Waals surface area contributed by atoms with Crippen LogP contribution in [0, 0.1) is 18.6 Å². The number of hydrogen-bond acceptors (Lipinski definition) is 8. The van der Waals surface area contributed by atoms with Crippen LogP contribution in [0.15, 0.2) is 61.6 Å². The molecule has 3 heterocycles. The van der Waals surface area contributed by atoms with Crippen LogP contribution >= 0.6 is 0 Å². The quantitative estimate of drug-likeness (QED) is 0.200. The highest BCUT2D eigenvalue weighted by Gasteiger charge is 2.16. The summed E-state index contributed by atoms with van der Waals surface area (Å²) in [5.41, 5.74) is 2.17. The van der Waals surface area contributed by atoms with Crippen LogP contribution in [0.5, 0.6) is 5.75 Å². The molecule has 1 fully saturated rings. The number of nitrogens with one attached hydrogen (secondary N) is 2. The summed E-state index contributed by atoms with van der Waals surface area (Å²) >= 11 is 0. The Hall–Kier alpha value is -4.48. The smallest absolute Gasteiger partial charge is 0.247 e. The highest BCUT2D eigenvalue weighted by atomic mass is 19.1. The third kappa shape index (κ3) is 6.82. The number of nitrogens with zero attached hydrogens (tertiary/aromatic N) is 4. The summed E-state index contributed by atoms with van der Waals surface area (Å²) in [6.45, 7) is 9.81. The second kappa shape index (κ2) is 12.8. The summed E-state index contributed by atoms with van der Waals surface area (Å²) < 4.78 is 40.9. The van der Waals surface area contributed by atoms with Gasteiger partial charge in [-0.3, -0.25) is 14.7 Å². The van der Waals surface area contributed by atoms with Crippen LogP contribution < -0.4 is 15.4 Å². The largest absolute Gasteiger partial charge is 0.491 e. The van der Waals surface area contributed by atoms with E-state index in [-0.39, 0.29) is 17.2 Å². The van der Waals surface area contributed by atoms with Crippen molar-refractivity contribution in [3.05, 3.63) is 78.8 Å². The van der Waals surface area contributed by atoms with Gasteiger partial charge in [-0.15, -0.1) is 0 Å². The number of carbonyl (C=O) groups is 1. The molecule has 1 amide bonds. The Kier molecular flexibility index (Phi) is 8.76. The number of fused-ring (bicyclic) bond motifs is 1. The number of benzene rings is 2. The van der Waals surface area contributed by atoms with Crippen molar-refractivity contribution in [1.82, 2.24) is 19.9 Å². The van der Waals surface area contributed by atoms with Crippen LogP contribution in [0.1, 0.15) is 12.0 Å². The Morgan fingerprint density at radius 2 is 1.93 bits per heavy atom. The first-order chi connectivity index (χ1) is 19.9. The van der Waals surface area contributed by atoms with E-state index in [4.69, 9.17) is 9.47 Å². The van der Waals surface area contributed by atoms with E-state index in [0.29, 0.717) is 40.1 Å². The first-order valence-corrected chi connectivity index (χ1v) is 13.3. The van der Waals surface area contributed by atoms with Gasteiger partial charge in [-0.2, -0.15) is 0 Å². The van der Waals surface area contributed by atoms with Crippen molar-refractivity contribution < 1.29 is 23.0 Å². The molecule has 2 aromatic carbocycles. The van der Waals surface area contributed by atoms with Gasteiger partial charge in [-0.25, -0.2) is 18.7 Å². The second-order valence-electron chi connectivity index (χ2n) is 9.60. The predicted octanol–water partition coefficient (Wildman–Crippen LogP) is 5.25. The molecular weight excluding hydrogens is 530 g/mol. The Morgan fingerprint density at radius 1 is 1.10 bits per heavy atom. The summed E-state index contributed by atoms with van der Waals surface area (Å²) in [6, 6.07) is 8.91. The molecule has 2 aromatic heterocycles. The van der Waals surface area contributed by atoms with E-state index in [2.05, 4.69) is 37.1 Å². The van der Waals surface area contributed by atoms with Crippen molar-refractivity contribution in [1.29, 1.82) is 0 Å². The number of halogens is 2. The fourth-order valence-corrected chi connectivity index (χ4v) is 4.52. The van der Waals surface area contributed by atoms with Gasteiger partial charge in [0.15, 0.2) is 0 Å². The molecule has 0 saturated carbocycles. The van der Waals surface area contributed by atoms with Crippen LogP contribution in [-0.2, 0) is 9.53 Å². The maximum atomic E-state index is 14.9. The van der Waals surface area contributed by atoms with Gasteiger partial charge in [0, 0.05) is 42.8 Å². The van der Waals surface area contributed by atoms with Gasteiger partial charge in [0.05, 0.1) is 36.7 Å². The topological polar surface area (TPSA) is 102 Å². The normalized spacial score (nSPS) is 13.6. The number of aryl methyl sites for hydroxylation is 1. The fourth-order valence-electron chi connectivity index (χ4n) is 4.52. The van der Waals surface area contributed by atoms with Crippen molar-refractivity contribution in [2.75, 3.05) is 50.1 Å². The van der Waals surface area contributed by atoms with Crippen LogP contribution in [-0.4, -0.2) is 65.2 Å². The Bertz CT molecular complexity index is 1580. The Morgan fingerprint density at radius 3 is 2.71 bits per heavy atom. The lowest BCUT2D eigenvalue weighted by Gasteiger charge is -2.26. The molecule has 5 rings (SSSR count). The summed E-state index contributed by atoms with van der Waals surface area (Å²) in [5.74, 6) is -0.756. The molecular formula is C30H30F2N6O3. The average Bonchev–Trinajstić information content (AvgIpc) is 2.97. The number of carbonyl (C=O) groups excluding carboxylic acids is 1. The first kappa shape index (κ1) is 28.1. The number of hydrogen-bond donors (Lipinski definition) is 2. The van der Waals surface area contributed by atoms with Crippen molar-refractivity contribution >= 4 is 34.0 Å². The van der Waals surface area contributed by atoms with E-state index >= 15 is 0 Å². The molecule has 0 bridgehead atoms. The van der Waals surface area contributed by atoms with Crippen LogP contribution in [0.25, 0.3) is 22.2 Å². The lowest BCUT2D eigenvalue weighted by atomic mass is 10.1. The molecule has 41 heavy (non-hydrogen) atoms. The zero-order valence-corrected chi connectivity index (χ0v) is 22.6. The highest BCUT2D eigenvalue weighted by molar-refractivity contribution is 6.03. The predicted molar refractivity (Wildman–Crippen MR) is 153 cm³/mol. The maximum absolute atomic E-state index is 14.9. The van der Waals surface area contributed by atoms with E-state index in [1.807, 2.05) is 0 Å². The summed E-state index contributed by atoms with van der Waals surface area (Å²) in [5, 5.41) is 6.27. The van der Waals surface area contributed by atoms with E-state index in [1.165, 1.54) is 30.6 Å². The Labute approximate surface area is 236 Å². The van der Waals surface area contributed by atoms with Crippen molar-refractivity contribution in [3.8, 4) is 17.0 Å². The third-order valence-electron chi connectivity index (χ3n) is 6.63. The molecule has 212 valence electrons. The van der Waals surface area contributed by atoms with Crippen molar-refractivity contribution in [2.45, 2.75) is 13.3 Å². The third-order valence-corrected chi connectivity index (χ3v) is 6.63. The molecule has 0 spiro atoms. The van der Waals surface area contributed by atoms with E-state index < -0.39 is 17.5 Å². The van der Waals surface area contributed by atoms with Gasteiger partial charge >= 0.3 is 0 Å². The number of anilines is 3. The number of pyridine rings is 1. The molecule has 11 heteroatoms. The average molecular weight is 561 g/mol. The lowest BCUT2D eigenvalue weighted by Crippen LogP contribution is -2.37. The van der Waals surface area contributed by atoms with Gasteiger partial charge in [-0.05, 0) is 55.3 Å². The monoisotopic (exact) mass is 560 g/mol. The van der Waals surface area contributed by atoms with Gasteiger partial charge in [0.25, 0.3) is 0 Å². The number of aromatic nitrogens is 3. The van der Waals surface area contributed by atoms with Crippen LogP contribution in [0.2, 0.25) is 0 Å². The highest BCUT2D eigenvalue weighted by Crippen LogP contribution is 2.35. The van der Waals surface area contributed by atoms with Gasteiger partial charge in [-0.1, -0.05) is 6.58 Å². The summed E-state index contributed by atoms with van der Waals surface area (Å²) in [7, 11) is 0. The van der Waals surface area contributed by atoms with Crippen LogP contribution in [0.4, 0.5) is 26.0 Å².